The van der Waals surface area contributed by atoms with E-state index in [-0.39, 0.29) is 35.5 Å². The number of ketones is 1. The van der Waals surface area contributed by atoms with Crippen LogP contribution in [0.5, 0.6) is 0 Å². The van der Waals surface area contributed by atoms with Gasteiger partial charge in [0.1, 0.15) is 0 Å². The zero-order valence-corrected chi connectivity index (χ0v) is 31.1. The molecule has 43 heavy (non-hydrogen) atoms. The highest BCUT2D eigenvalue weighted by atomic mass is 16.2. The van der Waals surface area contributed by atoms with Crippen molar-refractivity contribution in [3.63, 3.8) is 0 Å². The molecule has 0 aromatic heterocycles. The molecule has 0 spiro atoms. The fraction of sp³-hybridized carbons (Fsp3) is 0.711. The first-order chi connectivity index (χ1) is 19.7. The lowest BCUT2D eigenvalue weighted by Gasteiger charge is -2.05. The number of hydrogen-bond acceptors (Lipinski definition) is 3. The average Bonchev–Trinajstić information content (AvgIpc) is 2.84. The van der Waals surface area contributed by atoms with Crippen molar-refractivity contribution in [3.8, 4) is 0 Å². The Morgan fingerprint density at radius 2 is 1.00 bits per heavy atom. The van der Waals surface area contributed by atoms with Gasteiger partial charge in [-0.05, 0) is 55.9 Å². The smallest absolute Gasteiger partial charge is 0.223 e. The van der Waals surface area contributed by atoms with Crippen molar-refractivity contribution in [2.75, 3.05) is 6.54 Å². The minimum Gasteiger partial charge on any atom is -0.354 e. The topological polar surface area (TPSA) is 75.3 Å². The number of hydrogen-bond donors (Lipinski definition) is 2. The van der Waals surface area contributed by atoms with Gasteiger partial charge in [0.25, 0.3) is 0 Å². The lowest BCUT2D eigenvalue weighted by molar-refractivity contribution is -0.124. The number of amides is 2. The van der Waals surface area contributed by atoms with Crippen LogP contribution < -0.4 is 10.6 Å². The van der Waals surface area contributed by atoms with Crippen LogP contribution in [0.25, 0.3) is 0 Å². The van der Waals surface area contributed by atoms with E-state index >= 15 is 0 Å². The fourth-order valence-electron chi connectivity index (χ4n) is 2.63. The monoisotopic (exact) mass is 605 g/mol. The Hall–Kier alpha value is -2.43. The van der Waals surface area contributed by atoms with Crippen LogP contribution in [-0.2, 0) is 14.4 Å². The van der Waals surface area contributed by atoms with E-state index in [1.54, 1.807) is 6.08 Å². The second-order valence-corrected chi connectivity index (χ2v) is 13.6. The van der Waals surface area contributed by atoms with Gasteiger partial charge in [0.15, 0.2) is 5.78 Å². The predicted octanol–water partition coefficient (Wildman–Crippen LogP) is 9.75. The molecule has 0 unspecified atom stereocenters. The first kappa shape index (κ1) is 47.5. The molecule has 0 rings (SSSR count). The molecule has 0 atom stereocenters. The molecule has 0 saturated heterocycles. The van der Waals surface area contributed by atoms with E-state index in [0.717, 1.165) is 5.92 Å². The van der Waals surface area contributed by atoms with Gasteiger partial charge < -0.3 is 10.6 Å². The second-order valence-electron chi connectivity index (χ2n) is 13.6. The first-order valence-electron chi connectivity index (χ1n) is 16.5. The number of allylic oxidation sites excluding steroid dienone is 6. The molecular formula is C38H72N2O3. The van der Waals surface area contributed by atoms with Crippen LogP contribution in [0.3, 0.4) is 0 Å². The van der Waals surface area contributed by atoms with Crippen molar-refractivity contribution in [2.24, 2.45) is 41.4 Å². The minimum absolute atomic E-state index is 0.0810. The van der Waals surface area contributed by atoms with Gasteiger partial charge >= 0.3 is 0 Å². The third-order valence-corrected chi connectivity index (χ3v) is 5.06. The Labute approximate surface area is 268 Å². The molecule has 0 saturated carbocycles. The summed E-state index contributed by atoms with van der Waals surface area (Å²) in [6.07, 6.45) is 17.9. The van der Waals surface area contributed by atoms with Crippen LogP contribution in [0.2, 0.25) is 0 Å². The van der Waals surface area contributed by atoms with E-state index in [4.69, 9.17) is 0 Å². The van der Waals surface area contributed by atoms with Gasteiger partial charge in [0.2, 0.25) is 11.8 Å². The molecule has 0 aliphatic heterocycles. The number of carbonyl (C=O) groups is 3. The molecule has 0 heterocycles. The van der Waals surface area contributed by atoms with Crippen LogP contribution in [0.4, 0.5) is 0 Å². The molecule has 0 radical (unpaired) electrons. The Bertz CT molecular complexity index is 796. The summed E-state index contributed by atoms with van der Waals surface area (Å²) in [6.45, 7) is 33.6. The van der Waals surface area contributed by atoms with Crippen LogP contribution in [0.15, 0.2) is 48.6 Å². The number of nitrogens with one attached hydrogen (secondary N) is 2. The molecule has 2 N–H and O–H groups in total. The van der Waals surface area contributed by atoms with E-state index in [0.29, 0.717) is 36.6 Å². The van der Waals surface area contributed by atoms with E-state index < -0.39 is 0 Å². The summed E-state index contributed by atoms with van der Waals surface area (Å²) in [5.74, 6) is 3.72. The molecule has 5 heteroatoms. The summed E-state index contributed by atoms with van der Waals surface area (Å²) >= 11 is 0. The van der Waals surface area contributed by atoms with Crippen LogP contribution in [0.1, 0.15) is 124 Å². The predicted molar refractivity (Wildman–Crippen MR) is 191 cm³/mol. The van der Waals surface area contributed by atoms with E-state index in [2.05, 4.69) is 98.1 Å². The molecule has 0 fully saturated rings. The summed E-state index contributed by atoms with van der Waals surface area (Å²) < 4.78 is 0. The van der Waals surface area contributed by atoms with Crippen molar-refractivity contribution < 1.29 is 14.4 Å². The SMILES string of the molecule is CC(C)/C=C/C(=O)C(C)C.CC(C)/C=C/CC(=O)NC(C)C.CC(C)/C=C/CC(C)C.CC(C)/C=C/CNC(=O)C(C)C. The van der Waals surface area contributed by atoms with E-state index in [1.807, 2.05) is 65.8 Å². The second kappa shape index (κ2) is 31.0. The highest BCUT2D eigenvalue weighted by molar-refractivity contribution is 5.91. The summed E-state index contributed by atoms with van der Waals surface area (Å²) in [5.41, 5.74) is 0. The van der Waals surface area contributed by atoms with Gasteiger partial charge in [-0.15, -0.1) is 0 Å². The van der Waals surface area contributed by atoms with E-state index in [9.17, 15) is 14.4 Å². The number of rotatable bonds is 14. The normalized spacial score (nSPS) is 11.7. The maximum atomic E-state index is 11.1. The zero-order valence-electron chi connectivity index (χ0n) is 31.1. The maximum Gasteiger partial charge on any atom is 0.223 e. The largest absolute Gasteiger partial charge is 0.354 e. The van der Waals surface area contributed by atoms with E-state index in [1.165, 1.54) is 6.42 Å². The van der Waals surface area contributed by atoms with Crippen molar-refractivity contribution in [3.05, 3.63) is 48.6 Å². The Balaban J connectivity index is -0.000000237. The molecule has 2 amide bonds. The van der Waals surface area contributed by atoms with Crippen LogP contribution in [0, 0.1) is 41.4 Å². The van der Waals surface area contributed by atoms with Gasteiger partial charge in [0.05, 0.1) is 0 Å². The highest BCUT2D eigenvalue weighted by Crippen LogP contribution is 2.02. The summed E-state index contributed by atoms with van der Waals surface area (Å²) in [4.78, 5) is 33.1. The molecule has 0 aromatic rings. The van der Waals surface area contributed by atoms with Crippen LogP contribution >= 0.6 is 0 Å². The van der Waals surface area contributed by atoms with Crippen molar-refractivity contribution >= 4 is 17.6 Å². The summed E-state index contributed by atoms with van der Waals surface area (Å²) in [5, 5.41) is 5.64. The van der Waals surface area contributed by atoms with Crippen molar-refractivity contribution in [1.82, 2.24) is 10.6 Å². The third-order valence-electron chi connectivity index (χ3n) is 5.06. The Morgan fingerprint density at radius 3 is 1.37 bits per heavy atom. The first-order valence-corrected chi connectivity index (χ1v) is 16.5. The molecule has 0 bridgehead atoms. The zero-order chi connectivity index (χ0) is 34.5. The molecular weight excluding hydrogens is 532 g/mol. The van der Waals surface area contributed by atoms with Gasteiger partial charge in [0, 0.05) is 30.8 Å². The molecule has 0 aromatic carbocycles. The lowest BCUT2D eigenvalue weighted by atomic mass is 10.1. The highest BCUT2D eigenvalue weighted by Gasteiger charge is 2.03. The lowest BCUT2D eigenvalue weighted by Crippen LogP contribution is -2.29. The van der Waals surface area contributed by atoms with Gasteiger partial charge in [-0.2, -0.15) is 0 Å². The quantitative estimate of drug-likeness (QED) is 0.153. The molecule has 5 nitrogen and oxygen atoms in total. The van der Waals surface area contributed by atoms with Crippen molar-refractivity contribution in [1.29, 1.82) is 0 Å². The van der Waals surface area contributed by atoms with Gasteiger partial charge in [-0.25, -0.2) is 0 Å². The van der Waals surface area contributed by atoms with Gasteiger partial charge in [-0.1, -0.05) is 139 Å². The minimum atomic E-state index is 0.0810. The van der Waals surface area contributed by atoms with Gasteiger partial charge in [-0.3, -0.25) is 14.4 Å². The Kier molecular flexibility index (Phi) is 34.3. The standard InChI is InChI=1S/2C10H19NO.C9H16O.C9H18/c1-8(2)6-5-7-11-10(12)9(3)4;1-8(2)6-5-7-10(12)11-9(3)4;1-7(2)5-6-9(10)8(3)4;1-8(2)6-5-7-9(3)4/h2*5-6,8-9H,7H2,1-4H3,(H,11,12);5-8H,1-4H3;5-6,8-9H,7H2,1-4H3/b4*6-5+. The summed E-state index contributed by atoms with van der Waals surface area (Å²) in [7, 11) is 0. The summed E-state index contributed by atoms with van der Waals surface area (Å²) in [6, 6.07) is 0.241. The maximum absolute atomic E-state index is 11.1. The number of carbonyl (C=O) groups excluding carboxylic acids is 3. The van der Waals surface area contributed by atoms with Crippen LogP contribution in [-0.4, -0.2) is 30.2 Å². The fourth-order valence-corrected chi connectivity index (χ4v) is 2.63. The van der Waals surface area contributed by atoms with Crippen molar-refractivity contribution in [2.45, 2.75) is 130 Å². The third kappa shape index (κ3) is 49.6. The average molecular weight is 605 g/mol. The molecule has 0 aliphatic rings. The molecule has 0 aliphatic carbocycles. The Morgan fingerprint density at radius 1 is 0.558 bits per heavy atom. The molecule has 252 valence electrons.